The van der Waals surface area contributed by atoms with Gasteiger partial charge in [-0.3, -0.25) is 9.98 Å². The zero-order chi connectivity index (χ0) is 28.7. The van der Waals surface area contributed by atoms with Gasteiger partial charge < -0.3 is 18.9 Å². The molecule has 2 fully saturated rings. The zero-order valence-corrected chi connectivity index (χ0v) is 24.0. The zero-order valence-electron chi connectivity index (χ0n) is 24.0. The molecule has 2 heterocycles. The van der Waals surface area contributed by atoms with Gasteiger partial charge in [-0.2, -0.15) is 0 Å². The number of aryl methyl sites for hydroxylation is 2. The van der Waals surface area contributed by atoms with Crippen LogP contribution in [0.5, 0.6) is 0 Å². The predicted octanol–water partition coefficient (Wildman–Crippen LogP) is 6.63. The molecule has 0 aromatic heterocycles. The number of ether oxygens (including phenoxy) is 4. The lowest BCUT2D eigenvalue weighted by atomic mass is 9.93. The number of hydrogen-bond donors (Lipinski definition) is 0. The predicted molar refractivity (Wildman–Crippen MR) is 165 cm³/mol. The van der Waals surface area contributed by atoms with Crippen molar-refractivity contribution in [1.29, 1.82) is 0 Å². The molecule has 4 aromatic rings. The Hall–Kier alpha value is -3.94. The van der Waals surface area contributed by atoms with Gasteiger partial charge in [0, 0.05) is 18.0 Å². The van der Waals surface area contributed by atoms with Crippen LogP contribution in [-0.2, 0) is 25.6 Å². The number of benzene rings is 4. The van der Waals surface area contributed by atoms with Gasteiger partial charge in [0.15, 0.2) is 12.6 Å². The van der Waals surface area contributed by atoms with Crippen LogP contribution >= 0.6 is 0 Å². The average Bonchev–Trinajstić information content (AvgIpc) is 3.04. The quantitative estimate of drug-likeness (QED) is 0.227. The van der Waals surface area contributed by atoms with Crippen LogP contribution in [0, 0.1) is 13.8 Å². The number of hydrogen-bond acceptors (Lipinski definition) is 6. The van der Waals surface area contributed by atoms with Crippen molar-refractivity contribution in [2.24, 2.45) is 9.98 Å². The third-order valence-corrected chi connectivity index (χ3v) is 7.61. The van der Waals surface area contributed by atoms with Gasteiger partial charge in [0.25, 0.3) is 0 Å². The molecule has 6 atom stereocenters. The average molecular weight is 561 g/mol. The molecule has 6 rings (SSSR count). The second kappa shape index (κ2) is 13.4. The summed E-state index contributed by atoms with van der Waals surface area (Å²) in [6.45, 7) is 4.90. The van der Waals surface area contributed by atoms with Crippen molar-refractivity contribution < 1.29 is 18.9 Å². The molecule has 0 bridgehead atoms. The van der Waals surface area contributed by atoms with Crippen molar-refractivity contribution in [2.75, 3.05) is 6.61 Å². The van der Waals surface area contributed by atoms with E-state index in [0.29, 0.717) is 13.2 Å². The van der Waals surface area contributed by atoms with Crippen LogP contribution in [0.15, 0.2) is 119 Å². The number of aliphatic imine (C=N–C) groups is 2. The van der Waals surface area contributed by atoms with Crippen LogP contribution in [0.3, 0.4) is 0 Å². The van der Waals surface area contributed by atoms with E-state index in [1.165, 1.54) is 11.1 Å². The van der Waals surface area contributed by atoms with Gasteiger partial charge in [-0.15, -0.1) is 0 Å². The Morgan fingerprint density at radius 1 is 0.690 bits per heavy atom. The molecule has 0 spiro atoms. The van der Waals surface area contributed by atoms with Crippen LogP contribution in [0.1, 0.15) is 39.7 Å². The lowest BCUT2D eigenvalue weighted by Crippen LogP contribution is -2.61. The van der Waals surface area contributed by atoms with Crippen LogP contribution in [0.25, 0.3) is 0 Å². The molecule has 214 valence electrons. The molecule has 0 amide bonds. The van der Waals surface area contributed by atoms with E-state index in [1.54, 1.807) is 0 Å². The first-order chi connectivity index (χ1) is 20.6. The van der Waals surface area contributed by atoms with Crippen LogP contribution in [-0.4, -0.2) is 49.6 Å². The van der Waals surface area contributed by atoms with Crippen molar-refractivity contribution >= 4 is 12.4 Å². The smallest absolute Gasteiger partial charge is 0.184 e. The minimum atomic E-state index is -0.645. The number of nitrogens with zero attached hydrogens (tertiary/aromatic N) is 2. The summed E-state index contributed by atoms with van der Waals surface area (Å²) >= 11 is 0. The van der Waals surface area contributed by atoms with Gasteiger partial charge in [0.1, 0.15) is 24.3 Å². The largest absolute Gasteiger partial charge is 0.346 e. The highest BCUT2D eigenvalue weighted by Gasteiger charge is 2.50. The van der Waals surface area contributed by atoms with E-state index >= 15 is 0 Å². The normalized spacial score (nSPS) is 26.0. The van der Waals surface area contributed by atoms with E-state index in [4.69, 9.17) is 28.9 Å². The molecule has 0 aliphatic carbocycles. The molecule has 42 heavy (non-hydrogen) atoms. The van der Waals surface area contributed by atoms with E-state index in [0.717, 1.165) is 22.3 Å². The van der Waals surface area contributed by atoms with E-state index in [1.807, 2.05) is 73.1 Å². The molecule has 2 aliphatic heterocycles. The highest BCUT2D eigenvalue weighted by Crippen LogP contribution is 2.37. The molecule has 6 heteroatoms. The van der Waals surface area contributed by atoms with Crippen molar-refractivity contribution in [1.82, 2.24) is 0 Å². The number of fused-ring (bicyclic) bond motifs is 1. The minimum Gasteiger partial charge on any atom is -0.346 e. The minimum absolute atomic E-state index is 0.361. The van der Waals surface area contributed by atoms with E-state index in [2.05, 4.69) is 62.4 Å². The fourth-order valence-corrected chi connectivity index (χ4v) is 5.23. The molecule has 1 unspecified atom stereocenters. The Morgan fingerprint density at radius 3 is 1.88 bits per heavy atom. The topological polar surface area (TPSA) is 61.6 Å². The summed E-state index contributed by atoms with van der Waals surface area (Å²) in [6.07, 6.45) is 1.88. The van der Waals surface area contributed by atoms with Crippen molar-refractivity contribution in [2.45, 2.75) is 57.3 Å². The second-order valence-electron chi connectivity index (χ2n) is 10.9. The monoisotopic (exact) mass is 560 g/mol. The van der Waals surface area contributed by atoms with E-state index < -0.39 is 18.6 Å². The van der Waals surface area contributed by atoms with Gasteiger partial charge in [-0.25, -0.2) is 0 Å². The summed E-state index contributed by atoms with van der Waals surface area (Å²) in [6, 6.07) is 35.8. The summed E-state index contributed by atoms with van der Waals surface area (Å²) in [5.41, 5.74) is 6.43. The maximum atomic E-state index is 6.62. The van der Waals surface area contributed by atoms with Crippen molar-refractivity contribution in [3.63, 3.8) is 0 Å². The molecular weight excluding hydrogens is 524 g/mol. The Balaban J connectivity index is 1.34. The summed E-state index contributed by atoms with van der Waals surface area (Å²) in [5, 5.41) is 0. The second-order valence-corrected chi connectivity index (χ2v) is 10.9. The van der Waals surface area contributed by atoms with E-state index in [-0.39, 0.29) is 18.2 Å². The Bertz CT molecular complexity index is 1470. The van der Waals surface area contributed by atoms with Crippen LogP contribution in [0.4, 0.5) is 0 Å². The molecule has 2 aliphatic rings. The Morgan fingerprint density at radius 2 is 1.26 bits per heavy atom. The highest BCUT2D eigenvalue weighted by atomic mass is 16.7. The standard InChI is InChI=1S/C36H36N2O4/c1-25-13-17-27(18-14-25)21-37-32-33(38-22-28-19-15-26(2)16-20-28)36(39-23-29-9-5-3-6-10-29)41-31-24-40-35(42-34(31)32)30-11-7-4-8-12-30/h3-22,31-36H,23-24H2,1-2H3/t31-,32-,33-,34-,35?,36+/m1/s1. The Labute approximate surface area is 247 Å². The third kappa shape index (κ3) is 6.92. The maximum Gasteiger partial charge on any atom is 0.184 e. The highest BCUT2D eigenvalue weighted by molar-refractivity contribution is 5.81. The third-order valence-electron chi connectivity index (χ3n) is 7.61. The fraction of sp³-hybridized carbons (Fsp3) is 0.278. The first-order valence-corrected chi connectivity index (χ1v) is 14.4. The van der Waals surface area contributed by atoms with Gasteiger partial charge in [0.05, 0.1) is 13.2 Å². The first kappa shape index (κ1) is 28.2. The number of rotatable bonds is 8. The molecule has 0 radical (unpaired) electrons. The molecular formula is C36H36N2O4. The van der Waals surface area contributed by atoms with Crippen molar-refractivity contribution in [3.05, 3.63) is 143 Å². The summed E-state index contributed by atoms with van der Waals surface area (Å²) in [5.74, 6) is 0. The Kier molecular flexibility index (Phi) is 8.97. The maximum absolute atomic E-state index is 6.62. The molecule has 2 saturated heterocycles. The summed E-state index contributed by atoms with van der Waals surface area (Å²) in [4.78, 5) is 10.2. The van der Waals surface area contributed by atoms with Gasteiger partial charge in [-0.1, -0.05) is 120 Å². The van der Waals surface area contributed by atoms with Crippen LogP contribution < -0.4 is 0 Å². The van der Waals surface area contributed by atoms with Gasteiger partial charge in [0.2, 0.25) is 0 Å². The molecule has 0 N–H and O–H groups in total. The first-order valence-electron chi connectivity index (χ1n) is 14.4. The molecule has 6 nitrogen and oxygen atoms in total. The molecule has 0 saturated carbocycles. The van der Waals surface area contributed by atoms with Gasteiger partial charge >= 0.3 is 0 Å². The fourth-order valence-electron chi connectivity index (χ4n) is 5.23. The van der Waals surface area contributed by atoms with Crippen LogP contribution in [0.2, 0.25) is 0 Å². The lowest BCUT2D eigenvalue weighted by Gasteiger charge is -2.47. The van der Waals surface area contributed by atoms with Gasteiger partial charge in [-0.05, 0) is 30.5 Å². The molecule has 4 aromatic carbocycles. The SMILES string of the molecule is Cc1ccc(C=N[C@@H]2[C@@H](N=Cc3ccc(C)cc3)[C@@H](OCc3ccccc3)O[C@@H]3COC(c4ccccc4)O[C@@H]23)cc1. The van der Waals surface area contributed by atoms with Crippen molar-refractivity contribution in [3.8, 4) is 0 Å². The van der Waals surface area contributed by atoms with E-state index in [9.17, 15) is 0 Å². The lowest BCUT2D eigenvalue weighted by molar-refractivity contribution is -0.325. The summed E-state index contributed by atoms with van der Waals surface area (Å²) in [7, 11) is 0. The summed E-state index contributed by atoms with van der Waals surface area (Å²) < 4.78 is 25.7.